The first-order chi connectivity index (χ1) is 8.29. The molecule has 17 heavy (non-hydrogen) atoms. The Bertz CT molecular complexity index is 453. The second kappa shape index (κ2) is 5.78. The van der Waals surface area contributed by atoms with Crippen molar-refractivity contribution in [2.24, 2.45) is 0 Å². The molecule has 1 heterocycles. The van der Waals surface area contributed by atoms with E-state index in [1.165, 1.54) is 5.56 Å². The van der Waals surface area contributed by atoms with Crippen LogP contribution < -0.4 is 0 Å². The molecule has 1 unspecified atom stereocenters. The Morgan fingerprint density at radius 2 is 2.00 bits per heavy atom. The van der Waals surface area contributed by atoms with Crippen molar-refractivity contribution in [3.63, 3.8) is 0 Å². The zero-order chi connectivity index (χ0) is 12.1. The largest absolute Gasteiger partial charge is 0.159 e. The average molecular weight is 246 g/mol. The molecule has 1 aromatic heterocycles. The Morgan fingerprint density at radius 1 is 1.24 bits per heavy atom. The maximum absolute atomic E-state index is 5.87. The Morgan fingerprint density at radius 3 is 2.59 bits per heavy atom. The SMILES string of the molecule is C[CH]C(Cc1ccc(Cl)cc1)c1cccnn1. The van der Waals surface area contributed by atoms with Crippen molar-refractivity contribution in [3.8, 4) is 0 Å². The van der Waals surface area contributed by atoms with Crippen molar-refractivity contribution < 1.29 is 0 Å². The molecule has 0 aliphatic heterocycles. The van der Waals surface area contributed by atoms with Crippen LogP contribution in [0.15, 0.2) is 42.6 Å². The summed E-state index contributed by atoms with van der Waals surface area (Å²) in [5, 5.41) is 8.84. The number of halogens is 1. The molecule has 0 N–H and O–H groups in total. The molecule has 0 aliphatic rings. The molecule has 87 valence electrons. The summed E-state index contributed by atoms with van der Waals surface area (Å²) in [4.78, 5) is 0. The summed E-state index contributed by atoms with van der Waals surface area (Å²) in [5.41, 5.74) is 2.26. The Labute approximate surface area is 107 Å². The van der Waals surface area contributed by atoms with Gasteiger partial charge in [0.2, 0.25) is 0 Å². The van der Waals surface area contributed by atoms with Gasteiger partial charge in [0, 0.05) is 17.1 Å². The van der Waals surface area contributed by atoms with Crippen molar-refractivity contribution in [1.29, 1.82) is 0 Å². The lowest BCUT2D eigenvalue weighted by molar-refractivity contribution is 0.728. The van der Waals surface area contributed by atoms with Gasteiger partial charge in [-0.3, -0.25) is 0 Å². The van der Waals surface area contributed by atoms with Crippen LogP contribution in [-0.2, 0) is 6.42 Å². The molecule has 1 radical (unpaired) electrons. The Kier molecular flexibility index (Phi) is 4.10. The Balaban J connectivity index is 2.13. The van der Waals surface area contributed by atoms with Crippen LogP contribution in [0.4, 0.5) is 0 Å². The first-order valence-electron chi connectivity index (χ1n) is 5.61. The lowest BCUT2D eigenvalue weighted by Gasteiger charge is -2.13. The van der Waals surface area contributed by atoms with Gasteiger partial charge in [-0.05, 0) is 42.7 Å². The van der Waals surface area contributed by atoms with E-state index in [1.54, 1.807) is 6.20 Å². The van der Waals surface area contributed by atoms with Crippen LogP contribution in [0.5, 0.6) is 0 Å². The predicted molar refractivity (Wildman–Crippen MR) is 69.9 cm³/mol. The smallest absolute Gasteiger partial charge is 0.0668 e. The number of aromatic nitrogens is 2. The third kappa shape index (κ3) is 3.27. The van der Waals surface area contributed by atoms with E-state index in [4.69, 9.17) is 11.6 Å². The van der Waals surface area contributed by atoms with E-state index in [0.29, 0.717) is 5.92 Å². The minimum atomic E-state index is 0.296. The first kappa shape index (κ1) is 12.1. The summed E-state index contributed by atoms with van der Waals surface area (Å²) in [6, 6.07) is 11.9. The Hall–Kier alpha value is -1.41. The molecule has 0 spiro atoms. The minimum Gasteiger partial charge on any atom is -0.159 e. The van der Waals surface area contributed by atoms with Crippen LogP contribution in [0.25, 0.3) is 0 Å². The molecule has 1 aromatic carbocycles. The number of hydrogen-bond donors (Lipinski definition) is 0. The van der Waals surface area contributed by atoms with Gasteiger partial charge >= 0.3 is 0 Å². The van der Waals surface area contributed by atoms with Gasteiger partial charge < -0.3 is 0 Å². The lowest BCUT2D eigenvalue weighted by atomic mass is 9.94. The number of rotatable bonds is 4. The zero-order valence-electron chi connectivity index (χ0n) is 9.68. The van der Waals surface area contributed by atoms with Crippen LogP contribution in [0.3, 0.4) is 0 Å². The standard InChI is InChI=1S/C14H14ClN2/c1-2-12(14-4-3-9-16-17-14)10-11-5-7-13(15)8-6-11/h2-9,12H,10H2,1H3. The fourth-order valence-electron chi connectivity index (χ4n) is 1.78. The molecule has 3 heteroatoms. The molecule has 0 aliphatic carbocycles. The summed E-state index contributed by atoms with van der Waals surface area (Å²) in [7, 11) is 0. The van der Waals surface area contributed by atoms with E-state index in [0.717, 1.165) is 17.1 Å². The van der Waals surface area contributed by atoms with Gasteiger partial charge in [0.05, 0.1) is 5.69 Å². The first-order valence-corrected chi connectivity index (χ1v) is 5.99. The topological polar surface area (TPSA) is 25.8 Å². The van der Waals surface area contributed by atoms with Gasteiger partial charge in [0.1, 0.15) is 0 Å². The van der Waals surface area contributed by atoms with Crippen molar-refractivity contribution in [2.75, 3.05) is 0 Å². The van der Waals surface area contributed by atoms with Gasteiger partial charge in [0.15, 0.2) is 0 Å². The van der Waals surface area contributed by atoms with Gasteiger partial charge in [-0.1, -0.05) is 30.7 Å². The van der Waals surface area contributed by atoms with Gasteiger partial charge in [-0.25, -0.2) is 0 Å². The van der Waals surface area contributed by atoms with Gasteiger partial charge in [-0.2, -0.15) is 10.2 Å². The third-order valence-electron chi connectivity index (χ3n) is 2.74. The molecule has 0 bridgehead atoms. The van der Waals surface area contributed by atoms with E-state index in [-0.39, 0.29) is 0 Å². The highest BCUT2D eigenvalue weighted by Crippen LogP contribution is 2.22. The highest BCUT2D eigenvalue weighted by atomic mass is 35.5. The van der Waals surface area contributed by atoms with E-state index in [2.05, 4.69) is 35.7 Å². The molecule has 1 atom stereocenters. The molecular weight excluding hydrogens is 232 g/mol. The monoisotopic (exact) mass is 245 g/mol. The summed E-state index contributed by atoms with van der Waals surface area (Å²) in [6.07, 6.45) is 4.77. The summed E-state index contributed by atoms with van der Waals surface area (Å²) >= 11 is 5.87. The van der Waals surface area contributed by atoms with Crippen molar-refractivity contribution >= 4 is 11.6 Å². The molecule has 2 rings (SSSR count). The molecular formula is C14H14ClN2. The minimum absolute atomic E-state index is 0.296. The second-order valence-corrected chi connectivity index (χ2v) is 4.36. The van der Waals surface area contributed by atoms with Gasteiger partial charge in [0.25, 0.3) is 0 Å². The van der Waals surface area contributed by atoms with E-state index < -0.39 is 0 Å². The van der Waals surface area contributed by atoms with E-state index >= 15 is 0 Å². The number of benzene rings is 1. The van der Waals surface area contributed by atoms with Crippen LogP contribution in [-0.4, -0.2) is 10.2 Å². The highest BCUT2D eigenvalue weighted by Gasteiger charge is 2.11. The van der Waals surface area contributed by atoms with Crippen molar-refractivity contribution in [1.82, 2.24) is 10.2 Å². The van der Waals surface area contributed by atoms with Crippen molar-refractivity contribution in [2.45, 2.75) is 19.3 Å². The molecule has 2 nitrogen and oxygen atoms in total. The van der Waals surface area contributed by atoms with Crippen LogP contribution in [0.2, 0.25) is 5.02 Å². The third-order valence-corrected chi connectivity index (χ3v) is 3.00. The van der Waals surface area contributed by atoms with Crippen molar-refractivity contribution in [3.05, 3.63) is 65.3 Å². The van der Waals surface area contributed by atoms with Crippen LogP contribution >= 0.6 is 11.6 Å². The van der Waals surface area contributed by atoms with E-state index in [9.17, 15) is 0 Å². The van der Waals surface area contributed by atoms with Crippen LogP contribution in [0, 0.1) is 6.42 Å². The molecule has 0 amide bonds. The normalized spacial score (nSPS) is 12.4. The second-order valence-electron chi connectivity index (χ2n) is 3.92. The number of nitrogens with zero attached hydrogens (tertiary/aromatic N) is 2. The summed E-state index contributed by atoms with van der Waals surface area (Å²) < 4.78 is 0. The summed E-state index contributed by atoms with van der Waals surface area (Å²) in [6.45, 7) is 2.05. The molecule has 0 saturated carbocycles. The maximum Gasteiger partial charge on any atom is 0.0668 e. The number of hydrogen-bond acceptors (Lipinski definition) is 2. The molecule has 0 saturated heterocycles. The fourth-order valence-corrected chi connectivity index (χ4v) is 1.90. The van der Waals surface area contributed by atoms with Gasteiger partial charge in [-0.15, -0.1) is 0 Å². The maximum atomic E-state index is 5.87. The molecule has 2 aromatic rings. The predicted octanol–water partition coefficient (Wildman–Crippen LogP) is 3.68. The van der Waals surface area contributed by atoms with E-state index in [1.807, 2.05) is 24.3 Å². The van der Waals surface area contributed by atoms with Crippen LogP contribution in [0.1, 0.15) is 24.1 Å². The zero-order valence-corrected chi connectivity index (χ0v) is 10.4. The average Bonchev–Trinajstić information content (AvgIpc) is 2.39. The summed E-state index contributed by atoms with van der Waals surface area (Å²) in [5.74, 6) is 0.296. The fraction of sp³-hybridized carbons (Fsp3) is 0.214. The quantitative estimate of drug-likeness (QED) is 0.821. The molecule has 0 fully saturated rings. The highest BCUT2D eigenvalue weighted by molar-refractivity contribution is 6.30. The lowest BCUT2D eigenvalue weighted by Crippen LogP contribution is -2.05.